The SMILES string of the molecule is CCN(C[C@@H]1CCCN(C(=O)CN)C1)C(=O)OC(C)(C)C. The van der Waals surface area contributed by atoms with Gasteiger partial charge in [-0.2, -0.15) is 0 Å². The molecule has 0 unspecified atom stereocenters. The highest BCUT2D eigenvalue weighted by Gasteiger charge is 2.27. The summed E-state index contributed by atoms with van der Waals surface area (Å²) in [6.07, 6.45) is 1.70. The van der Waals surface area contributed by atoms with Crippen molar-refractivity contribution in [1.29, 1.82) is 0 Å². The summed E-state index contributed by atoms with van der Waals surface area (Å²) in [6, 6.07) is 0. The van der Waals surface area contributed by atoms with Gasteiger partial charge >= 0.3 is 6.09 Å². The van der Waals surface area contributed by atoms with Crippen LogP contribution in [0.2, 0.25) is 0 Å². The van der Waals surface area contributed by atoms with Crippen molar-refractivity contribution in [2.45, 2.75) is 46.1 Å². The summed E-state index contributed by atoms with van der Waals surface area (Å²) in [4.78, 5) is 27.3. The smallest absolute Gasteiger partial charge is 0.410 e. The summed E-state index contributed by atoms with van der Waals surface area (Å²) in [5, 5.41) is 0. The van der Waals surface area contributed by atoms with Crippen LogP contribution in [0.4, 0.5) is 4.79 Å². The summed E-state index contributed by atoms with van der Waals surface area (Å²) in [5.74, 6) is 0.279. The van der Waals surface area contributed by atoms with Crippen LogP contribution in [0, 0.1) is 5.92 Å². The van der Waals surface area contributed by atoms with Crippen LogP contribution in [0.15, 0.2) is 0 Å². The second-order valence-electron chi connectivity index (χ2n) is 6.57. The Labute approximate surface area is 127 Å². The highest BCUT2D eigenvalue weighted by molar-refractivity contribution is 5.78. The third kappa shape index (κ3) is 5.91. The number of nitrogens with two attached hydrogens (primary N) is 1. The Morgan fingerprint density at radius 1 is 1.38 bits per heavy atom. The van der Waals surface area contributed by atoms with Crippen LogP contribution in [-0.2, 0) is 9.53 Å². The second-order valence-corrected chi connectivity index (χ2v) is 6.57. The van der Waals surface area contributed by atoms with Gasteiger partial charge in [-0.05, 0) is 46.5 Å². The molecule has 0 saturated carbocycles. The monoisotopic (exact) mass is 299 g/mol. The molecule has 6 nitrogen and oxygen atoms in total. The molecule has 0 aliphatic carbocycles. The average Bonchev–Trinajstić information content (AvgIpc) is 2.42. The Bertz CT molecular complexity index is 366. The van der Waals surface area contributed by atoms with Gasteiger partial charge < -0.3 is 20.3 Å². The molecule has 1 heterocycles. The molecule has 1 aliphatic heterocycles. The van der Waals surface area contributed by atoms with Crippen molar-refractivity contribution in [3.05, 3.63) is 0 Å². The maximum Gasteiger partial charge on any atom is 0.410 e. The van der Waals surface area contributed by atoms with E-state index in [2.05, 4.69) is 0 Å². The van der Waals surface area contributed by atoms with Crippen molar-refractivity contribution < 1.29 is 14.3 Å². The fraction of sp³-hybridized carbons (Fsp3) is 0.867. The van der Waals surface area contributed by atoms with Crippen molar-refractivity contribution in [3.63, 3.8) is 0 Å². The standard InChI is InChI=1S/C15H29N3O3/c1-5-17(14(20)21-15(2,3)4)10-12-7-6-8-18(11-12)13(19)9-16/h12H,5-11,16H2,1-4H3/t12-/m0/s1. The van der Waals surface area contributed by atoms with Crippen molar-refractivity contribution in [2.75, 3.05) is 32.7 Å². The quantitative estimate of drug-likeness (QED) is 0.852. The minimum Gasteiger partial charge on any atom is -0.444 e. The van der Waals surface area contributed by atoms with Gasteiger partial charge in [0, 0.05) is 26.2 Å². The zero-order valence-electron chi connectivity index (χ0n) is 13.7. The Hall–Kier alpha value is -1.30. The Balaban J connectivity index is 2.56. The minimum absolute atomic E-state index is 0.0139. The van der Waals surface area contributed by atoms with E-state index in [9.17, 15) is 9.59 Å². The van der Waals surface area contributed by atoms with Gasteiger partial charge in [0.15, 0.2) is 0 Å². The van der Waals surface area contributed by atoms with Gasteiger partial charge in [-0.3, -0.25) is 4.79 Å². The average molecular weight is 299 g/mol. The Morgan fingerprint density at radius 3 is 2.57 bits per heavy atom. The van der Waals surface area contributed by atoms with Gasteiger partial charge in [0.2, 0.25) is 5.91 Å². The molecule has 1 aliphatic rings. The van der Waals surface area contributed by atoms with Crippen LogP contribution in [-0.4, -0.2) is 60.1 Å². The second kappa shape index (κ2) is 7.64. The van der Waals surface area contributed by atoms with E-state index < -0.39 is 5.60 Å². The topological polar surface area (TPSA) is 75.9 Å². The lowest BCUT2D eigenvalue weighted by Crippen LogP contribution is -2.47. The zero-order valence-corrected chi connectivity index (χ0v) is 13.7. The van der Waals surface area contributed by atoms with Crippen LogP contribution in [0.5, 0.6) is 0 Å². The van der Waals surface area contributed by atoms with E-state index in [0.717, 1.165) is 19.4 Å². The molecule has 21 heavy (non-hydrogen) atoms. The molecule has 1 saturated heterocycles. The molecule has 122 valence electrons. The molecule has 0 radical (unpaired) electrons. The fourth-order valence-electron chi connectivity index (χ4n) is 2.54. The number of carbonyl (C=O) groups excluding carboxylic acids is 2. The summed E-state index contributed by atoms with van der Waals surface area (Å²) in [7, 11) is 0. The fourth-order valence-corrected chi connectivity index (χ4v) is 2.54. The van der Waals surface area contributed by atoms with E-state index in [1.54, 1.807) is 9.80 Å². The number of piperidine rings is 1. The Kier molecular flexibility index (Phi) is 6.45. The number of nitrogens with zero attached hydrogens (tertiary/aromatic N) is 2. The third-order valence-electron chi connectivity index (χ3n) is 3.56. The lowest BCUT2D eigenvalue weighted by molar-refractivity contribution is -0.131. The first-order valence-corrected chi connectivity index (χ1v) is 7.72. The molecule has 0 bridgehead atoms. The molecule has 0 aromatic rings. The number of carbonyl (C=O) groups is 2. The van der Waals surface area contributed by atoms with Gasteiger partial charge in [-0.1, -0.05) is 0 Å². The van der Waals surface area contributed by atoms with E-state index in [0.29, 0.717) is 25.6 Å². The Morgan fingerprint density at radius 2 is 2.05 bits per heavy atom. The van der Waals surface area contributed by atoms with E-state index in [-0.39, 0.29) is 18.5 Å². The zero-order chi connectivity index (χ0) is 16.0. The van der Waals surface area contributed by atoms with Gasteiger partial charge in [0.25, 0.3) is 0 Å². The maximum absolute atomic E-state index is 12.1. The lowest BCUT2D eigenvalue weighted by atomic mass is 9.97. The van der Waals surface area contributed by atoms with E-state index >= 15 is 0 Å². The van der Waals surface area contributed by atoms with Crippen molar-refractivity contribution in [3.8, 4) is 0 Å². The van der Waals surface area contributed by atoms with Crippen LogP contribution in [0.25, 0.3) is 0 Å². The summed E-state index contributed by atoms with van der Waals surface area (Å²) < 4.78 is 5.41. The summed E-state index contributed by atoms with van der Waals surface area (Å²) >= 11 is 0. The predicted octanol–water partition coefficient (Wildman–Crippen LogP) is 1.44. The molecule has 1 fully saturated rings. The number of amides is 2. The van der Waals surface area contributed by atoms with Crippen LogP contribution < -0.4 is 5.73 Å². The maximum atomic E-state index is 12.1. The molecule has 0 aromatic carbocycles. The van der Waals surface area contributed by atoms with Crippen LogP contribution in [0.3, 0.4) is 0 Å². The summed E-state index contributed by atoms with van der Waals surface area (Å²) in [6.45, 7) is 10.3. The predicted molar refractivity (Wildman–Crippen MR) is 81.8 cm³/mol. The molecular weight excluding hydrogens is 270 g/mol. The van der Waals surface area contributed by atoms with E-state index in [4.69, 9.17) is 10.5 Å². The summed E-state index contributed by atoms with van der Waals surface area (Å²) in [5.41, 5.74) is 4.93. The number of hydrogen-bond acceptors (Lipinski definition) is 4. The molecule has 2 amide bonds. The highest BCUT2D eigenvalue weighted by Crippen LogP contribution is 2.19. The van der Waals surface area contributed by atoms with Gasteiger partial charge in [-0.25, -0.2) is 4.79 Å². The molecule has 1 atom stereocenters. The van der Waals surface area contributed by atoms with Crippen LogP contribution in [0.1, 0.15) is 40.5 Å². The van der Waals surface area contributed by atoms with Crippen molar-refractivity contribution in [2.24, 2.45) is 11.7 Å². The lowest BCUT2D eigenvalue weighted by Gasteiger charge is -2.35. The third-order valence-corrected chi connectivity index (χ3v) is 3.56. The molecule has 0 spiro atoms. The van der Waals surface area contributed by atoms with Gasteiger partial charge in [-0.15, -0.1) is 0 Å². The highest BCUT2D eigenvalue weighted by atomic mass is 16.6. The molecule has 0 aromatic heterocycles. The number of likely N-dealkylation sites (tertiary alicyclic amines) is 1. The van der Waals surface area contributed by atoms with Crippen molar-refractivity contribution >= 4 is 12.0 Å². The first-order valence-electron chi connectivity index (χ1n) is 7.72. The first-order chi connectivity index (χ1) is 9.76. The molecule has 1 rings (SSSR count). The molecule has 6 heteroatoms. The number of rotatable bonds is 4. The number of ether oxygens (including phenoxy) is 1. The molecule has 2 N–H and O–H groups in total. The van der Waals surface area contributed by atoms with Crippen LogP contribution >= 0.6 is 0 Å². The van der Waals surface area contributed by atoms with Gasteiger partial charge in [0.1, 0.15) is 5.60 Å². The van der Waals surface area contributed by atoms with E-state index in [1.807, 2.05) is 27.7 Å². The first kappa shape index (κ1) is 17.8. The number of hydrogen-bond donors (Lipinski definition) is 1. The largest absolute Gasteiger partial charge is 0.444 e. The van der Waals surface area contributed by atoms with Gasteiger partial charge in [0.05, 0.1) is 6.54 Å². The minimum atomic E-state index is -0.487. The van der Waals surface area contributed by atoms with Crippen molar-refractivity contribution in [1.82, 2.24) is 9.80 Å². The van der Waals surface area contributed by atoms with E-state index in [1.165, 1.54) is 0 Å². The molecular formula is C15H29N3O3. The normalized spacial score (nSPS) is 19.3.